The minimum Gasteiger partial charge on any atom is -0.348 e. The van der Waals surface area contributed by atoms with Crippen LogP contribution in [0.15, 0.2) is 79.1 Å². The number of benzene rings is 2. The molecule has 1 heterocycles. The highest BCUT2D eigenvalue weighted by atomic mass is 16.1. The topological polar surface area (TPSA) is 46.9 Å². The summed E-state index contributed by atoms with van der Waals surface area (Å²) in [5, 5.41) is 7.16. The molecule has 0 aliphatic carbocycles. The number of hydrogen-bond donors (Lipinski definition) is 1. The Morgan fingerprint density at radius 3 is 2.48 bits per heavy atom. The monoisotopic (exact) mass is 303 g/mol. The van der Waals surface area contributed by atoms with Crippen molar-refractivity contribution in [3.8, 4) is 5.69 Å². The average molecular weight is 303 g/mol. The molecule has 3 aromatic rings. The van der Waals surface area contributed by atoms with Gasteiger partial charge in [-0.1, -0.05) is 48.5 Å². The molecule has 0 aliphatic rings. The van der Waals surface area contributed by atoms with E-state index in [1.165, 1.54) is 6.08 Å². The maximum atomic E-state index is 11.8. The number of carbonyl (C=O) groups excluding carboxylic acids is 1. The van der Waals surface area contributed by atoms with Crippen LogP contribution in [0.25, 0.3) is 11.8 Å². The van der Waals surface area contributed by atoms with Crippen molar-refractivity contribution in [2.24, 2.45) is 0 Å². The van der Waals surface area contributed by atoms with Gasteiger partial charge in [-0.2, -0.15) is 5.10 Å². The number of aromatic nitrogens is 2. The van der Waals surface area contributed by atoms with Crippen LogP contribution >= 0.6 is 0 Å². The third kappa shape index (κ3) is 4.17. The second kappa shape index (κ2) is 7.22. The molecule has 1 N–H and O–H groups in total. The lowest BCUT2D eigenvalue weighted by Gasteiger charge is -2.00. The fourth-order valence-electron chi connectivity index (χ4n) is 2.16. The lowest BCUT2D eigenvalue weighted by Crippen LogP contribution is -2.19. The van der Waals surface area contributed by atoms with Crippen molar-refractivity contribution in [1.29, 1.82) is 0 Å². The van der Waals surface area contributed by atoms with Gasteiger partial charge < -0.3 is 5.32 Å². The zero-order valence-electron chi connectivity index (χ0n) is 12.6. The zero-order chi connectivity index (χ0) is 15.9. The summed E-state index contributed by atoms with van der Waals surface area (Å²) >= 11 is 0. The molecule has 0 bridgehead atoms. The molecule has 114 valence electrons. The van der Waals surface area contributed by atoms with Gasteiger partial charge in [-0.25, -0.2) is 4.68 Å². The molecule has 23 heavy (non-hydrogen) atoms. The van der Waals surface area contributed by atoms with Gasteiger partial charge in [-0.3, -0.25) is 4.79 Å². The molecule has 0 spiro atoms. The standard InChI is InChI=1S/C19H17N3O/c23-19(12-11-16-7-3-1-4-8-16)20-13-17-14-21-22(15-17)18-9-5-2-6-10-18/h1-12,14-15H,13H2,(H,20,23)/b12-11+. The Morgan fingerprint density at radius 2 is 1.74 bits per heavy atom. The zero-order valence-corrected chi connectivity index (χ0v) is 12.6. The van der Waals surface area contributed by atoms with Gasteiger partial charge in [-0.15, -0.1) is 0 Å². The van der Waals surface area contributed by atoms with E-state index in [1.54, 1.807) is 17.0 Å². The SMILES string of the molecule is O=C(/C=C/c1ccccc1)NCc1cnn(-c2ccccc2)c1. The number of nitrogens with one attached hydrogen (secondary N) is 1. The molecular formula is C19H17N3O. The summed E-state index contributed by atoms with van der Waals surface area (Å²) in [5.41, 5.74) is 2.95. The second-order valence-electron chi connectivity index (χ2n) is 5.09. The minimum absolute atomic E-state index is 0.124. The van der Waals surface area contributed by atoms with E-state index in [4.69, 9.17) is 0 Å². The molecule has 2 aromatic carbocycles. The second-order valence-corrected chi connectivity index (χ2v) is 5.09. The smallest absolute Gasteiger partial charge is 0.244 e. The lowest BCUT2D eigenvalue weighted by molar-refractivity contribution is -0.116. The fraction of sp³-hybridized carbons (Fsp3) is 0.0526. The number of rotatable bonds is 5. The molecule has 0 saturated heterocycles. The van der Waals surface area contributed by atoms with E-state index in [2.05, 4.69) is 10.4 Å². The third-order valence-corrected chi connectivity index (χ3v) is 3.35. The Labute approximate surface area is 135 Å². The van der Waals surface area contributed by atoms with E-state index in [-0.39, 0.29) is 5.91 Å². The number of amides is 1. The van der Waals surface area contributed by atoms with Crippen molar-refractivity contribution in [1.82, 2.24) is 15.1 Å². The van der Waals surface area contributed by atoms with Crippen molar-refractivity contribution >= 4 is 12.0 Å². The van der Waals surface area contributed by atoms with Gasteiger partial charge in [0.15, 0.2) is 0 Å². The highest BCUT2D eigenvalue weighted by Crippen LogP contribution is 2.07. The van der Waals surface area contributed by atoms with Crippen molar-refractivity contribution in [3.05, 3.63) is 90.3 Å². The maximum Gasteiger partial charge on any atom is 0.244 e. The Morgan fingerprint density at radius 1 is 1.04 bits per heavy atom. The molecule has 0 unspecified atom stereocenters. The Bertz CT molecular complexity index is 792. The molecule has 4 nitrogen and oxygen atoms in total. The first-order valence-corrected chi connectivity index (χ1v) is 7.41. The number of hydrogen-bond acceptors (Lipinski definition) is 2. The number of nitrogens with zero attached hydrogens (tertiary/aromatic N) is 2. The average Bonchev–Trinajstić information content (AvgIpc) is 3.09. The molecule has 1 amide bonds. The van der Waals surface area contributed by atoms with Gasteiger partial charge >= 0.3 is 0 Å². The van der Waals surface area contributed by atoms with Crippen LogP contribution in [-0.2, 0) is 11.3 Å². The summed E-state index contributed by atoms with van der Waals surface area (Å²) in [5.74, 6) is -0.124. The summed E-state index contributed by atoms with van der Waals surface area (Å²) in [6.07, 6.45) is 7.00. The Kier molecular flexibility index (Phi) is 4.64. The summed E-state index contributed by atoms with van der Waals surface area (Å²) in [6.45, 7) is 0.449. The molecule has 0 aliphatic heterocycles. The maximum absolute atomic E-state index is 11.8. The van der Waals surface area contributed by atoms with Crippen LogP contribution in [0.2, 0.25) is 0 Å². The predicted octanol–water partition coefficient (Wildman–Crippen LogP) is 3.20. The van der Waals surface area contributed by atoms with Gasteiger partial charge in [0.2, 0.25) is 5.91 Å². The van der Waals surface area contributed by atoms with Crippen LogP contribution in [0.3, 0.4) is 0 Å². The first-order chi connectivity index (χ1) is 11.3. The Hall–Kier alpha value is -3.14. The minimum atomic E-state index is -0.124. The normalized spacial score (nSPS) is 10.8. The first-order valence-electron chi connectivity index (χ1n) is 7.41. The highest BCUT2D eigenvalue weighted by molar-refractivity contribution is 5.91. The third-order valence-electron chi connectivity index (χ3n) is 3.35. The molecule has 0 saturated carbocycles. The van der Waals surface area contributed by atoms with E-state index in [1.807, 2.05) is 66.9 Å². The van der Waals surface area contributed by atoms with Crippen LogP contribution in [-0.4, -0.2) is 15.7 Å². The summed E-state index contributed by atoms with van der Waals surface area (Å²) in [4.78, 5) is 11.8. The van der Waals surface area contributed by atoms with E-state index in [0.29, 0.717) is 6.54 Å². The summed E-state index contributed by atoms with van der Waals surface area (Å²) < 4.78 is 1.79. The van der Waals surface area contributed by atoms with Gasteiger partial charge in [0.05, 0.1) is 11.9 Å². The molecule has 1 aromatic heterocycles. The summed E-state index contributed by atoms with van der Waals surface area (Å²) in [7, 11) is 0. The van der Waals surface area contributed by atoms with Crippen LogP contribution < -0.4 is 5.32 Å². The van der Waals surface area contributed by atoms with E-state index in [9.17, 15) is 4.79 Å². The van der Waals surface area contributed by atoms with Gasteiger partial charge in [0, 0.05) is 24.4 Å². The van der Waals surface area contributed by atoms with Crippen LogP contribution in [0.5, 0.6) is 0 Å². The quantitative estimate of drug-likeness (QED) is 0.736. The van der Waals surface area contributed by atoms with E-state index < -0.39 is 0 Å². The van der Waals surface area contributed by atoms with Gasteiger partial charge in [0.1, 0.15) is 0 Å². The molecule has 0 atom stereocenters. The number of para-hydroxylation sites is 1. The van der Waals surface area contributed by atoms with Crippen molar-refractivity contribution in [2.45, 2.75) is 6.54 Å². The van der Waals surface area contributed by atoms with Crippen molar-refractivity contribution in [2.75, 3.05) is 0 Å². The molecule has 3 rings (SSSR count). The van der Waals surface area contributed by atoms with E-state index in [0.717, 1.165) is 16.8 Å². The van der Waals surface area contributed by atoms with Crippen LogP contribution in [0, 0.1) is 0 Å². The molecular weight excluding hydrogens is 286 g/mol. The largest absolute Gasteiger partial charge is 0.348 e. The van der Waals surface area contributed by atoms with Crippen molar-refractivity contribution < 1.29 is 4.79 Å². The van der Waals surface area contributed by atoms with Crippen molar-refractivity contribution in [3.63, 3.8) is 0 Å². The molecule has 0 radical (unpaired) electrons. The predicted molar refractivity (Wildman–Crippen MR) is 90.9 cm³/mol. The van der Waals surface area contributed by atoms with Gasteiger partial charge in [-0.05, 0) is 23.8 Å². The highest BCUT2D eigenvalue weighted by Gasteiger charge is 2.02. The number of carbonyl (C=O) groups is 1. The lowest BCUT2D eigenvalue weighted by atomic mass is 10.2. The van der Waals surface area contributed by atoms with Gasteiger partial charge in [0.25, 0.3) is 0 Å². The molecule has 4 heteroatoms. The van der Waals surface area contributed by atoms with Crippen LogP contribution in [0.1, 0.15) is 11.1 Å². The van der Waals surface area contributed by atoms with Crippen LogP contribution in [0.4, 0.5) is 0 Å². The molecule has 0 fully saturated rings. The fourth-order valence-corrected chi connectivity index (χ4v) is 2.16. The first kappa shape index (κ1) is 14.8. The van der Waals surface area contributed by atoms with E-state index >= 15 is 0 Å². The summed E-state index contributed by atoms with van der Waals surface area (Å²) in [6, 6.07) is 19.6. The Balaban J connectivity index is 1.55.